The molecule has 0 fully saturated rings. The van der Waals surface area contributed by atoms with Crippen LogP contribution in [0.5, 0.6) is 0 Å². The molecule has 104 valence electrons. The standard InChI is InChI=1S/C12H17F2N5/c1-9(2)19-6-10(4-17-19)3-15-11-5-16-18(7-11)8-12(13)14/h4-7,9,12,15H,3,8H2,1-2H3. The molecule has 0 aliphatic rings. The van der Waals surface area contributed by atoms with Crippen LogP contribution < -0.4 is 5.32 Å². The Labute approximate surface area is 110 Å². The first kappa shape index (κ1) is 13.5. The predicted octanol–water partition coefficient (Wildman–Crippen LogP) is 2.54. The molecular weight excluding hydrogens is 252 g/mol. The Balaban J connectivity index is 1.89. The molecule has 7 heteroatoms. The smallest absolute Gasteiger partial charge is 0.257 e. The van der Waals surface area contributed by atoms with E-state index < -0.39 is 6.43 Å². The molecule has 2 aromatic rings. The summed E-state index contributed by atoms with van der Waals surface area (Å²) < 4.78 is 27.4. The van der Waals surface area contributed by atoms with E-state index in [-0.39, 0.29) is 6.54 Å². The highest BCUT2D eigenvalue weighted by atomic mass is 19.3. The van der Waals surface area contributed by atoms with Crippen molar-refractivity contribution in [2.75, 3.05) is 5.32 Å². The molecule has 0 aliphatic heterocycles. The zero-order chi connectivity index (χ0) is 13.8. The number of halogens is 2. The van der Waals surface area contributed by atoms with E-state index in [1.165, 1.54) is 10.9 Å². The van der Waals surface area contributed by atoms with Crippen molar-refractivity contribution in [3.05, 3.63) is 30.4 Å². The Morgan fingerprint density at radius 3 is 2.63 bits per heavy atom. The molecule has 5 nitrogen and oxygen atoms in total. The molecule has 0 saturated heterocycles. The SMILES string of the molecule is CC(C)n1cc(CNc2cnn(CC(F)F)c2)cn1. The third kappa shape index (κ3) is 3.77. The highest BCUT2D eigenvalue weighted by Crippen LogP contribution is 2.10. The Bertz CT molecular complexity index is 518. The minimum absolute atomic E-state index is 0.322. The van der Waals surface area contributed by atoms with Crippen LogP contribution in [0.3, 0.4) is 0 Å². The van der Waals surface area contributed by atoms with Crippen molar-refractivity contribution in [1.82, 2.24) is 19.6 Å². The van der Waals surface area contributed by atoms with Gasteiger partial charge in [0.25, 0.3) is 6.43 Å². The zero-order valence-corrected chi connectivity index (χ0v) is 10.9. The van der Waals surface area contributed by atoms with E-state index in [2.05, 4.69) is 29.4 Å². The van der Waals surface area contributed by atoms with E-state index in [9.17, 15) is 8.78 Å². The molecular formula is C12H17F2N5. The van der Waals surface area contributed by atoms with Crippen molar-refractivity contribution >= 4 is 5.69 Å². The maximum absolute atomic E-state index is 12.2. The van der Waals surface area contributed by atoms with Crippen LogP contribution >= 0.6 is 0 Å². The molecule has 0 radical (unpaired) electrons. The van der Waals surface area contributed by atoms with Gasteiger partial charge in [0.1, 0.15) is 6.54 Å². The minimum atomic E-state index is -2.39. The summed E-state index contributed by atoms with van der Waals surface area (Å²) in [7, 11) is 0. The zero-order valence-electron chi connectivity index (χ0n) is 10.9. The average Bonchev–Trinajstić information content (AvgIpc) is 2.94. The lowest BCUT2D eigenvalue weighted by atomic mass is 10.3. The number of rotatable bonds is 6. The molecule has 0 aliphatic carbocycles. The van der Waals surface area contributed by atoms with Crippen LogP contribution in [0.25, 0.3) is 0 Å². The number of hydrogen-bond donors (Lipinski definition) is 1. The third-order valence-corrected chi connectivity index (χ3v) is 2.64. The van der Waals surface area contributed by atoms with Gasteiger partial charge in [0.15, 0.2) is 0 Å². The van der Waals surface area contributed by atoms with Crippen molar-refractivity contribution in [2.45, 2.75) is 39.4 Å². The van der Waals surface area contributed by atoms with Gasteiger partial charge in [-0.15, -0.1) is 0 Å². The number of nitrogens with zero attached hydrogens (tertiary/aromatic N) is 4. The monoisotopic (exact) mass is 269 g/mol. The second kappa shape index (κ2) is 5.81. The third-order valence-electron chi connectivity index (χ3n) is 2.64. The maximum atomic E-state index is 12.2. The maximum Gasteiger partial charge on any atom is 0.257 e. The van der Waals surface area contributed by atoms with Crippen LogP contribution in [-0.2, 0) is 13.1 Å². The fourth-order valence-corrected chi connectivity index (χ4v) is 1.65. The van der Waals surface area contributed by atoms with E-state index in [0.717, 1.165) is 11.3 Å². The Morgan fingerprint density at radius 1 is 1.21 bits per heavy atom. The Morgan fingerprint density at radius 2 is 2.00 bits per heavy atom. The molecule has 0 unspecified atom stereocenters. The van der Waals surface area contributed by atoms with Crippen LogP contribution in [0.1, 0.15) is 25.5 Å². The lowest BCUT2D eigenvalue weighted by Crippen LogP contribution is -2.06. The number of alkyl halides is 2. The molecule has 2 heterocycles. The largest absolute Gasteiger partial charge is 0.378 e. The van der Waals surface area contributed by atoms with E-state index in [4.69, 9.17) is 0 Å². The van der Waals surface area contributed by atoms with Gasteiger partial charge in [-0.25, -0.2) is 8.78 Å². The first-order valence-corrected chi connectivity index (χ1v) is 6.12. The number of aromatic nitrogens is 4. The summed E-state index contributed by atoms with van der Waals surface area (Å²) in [6.07, 6.45) is 4.46. The van der Waals surface area contributed by atoms with Crippen molar-refractivity contribution in [1.29, 1.82) is 0 Å². The molecule has 1 N–H and O–H groups in total. The van der Waals surface area contributed by atoms with Crippen LogP contribution in [0, 0.1) is 0 Å². The van der Waals surface area contributed by atoms with Crippen LogP contribution in [0.4, 0.5) is 14.5 Å². The molecule has 0 aromatic carbocycles. The summed E-state index contributed by atoms with van der Waals surface area (Å²) >= 11 is 0. The molecule has 2 rings (SSSR count). The van der Waals surface area contributed by atoms with Crippen molar-refractivity contribution < 1.29 is 8.78 Å². The number of anilines is 1. The van der Waals surface area contributed by atoms with Gasteiger partial charge < -0.3 is 5.32 Å². The summed E-state index contributed by atoms with van der Waals surface area (Å²) in [5, 5.41) is 11.2. The highest BCUT2D eigenvalue weighted by Gasteiger charge is 2.06. The highest BCUT2D eigenvalue weighted by molar-refractivity contribution is 5.38. The van der Waals surface area contributed by atoms with Crippen LogP contribution in [0.2, 0.25) is 0 Å². The molecule has 0 spiro atoms. The quantitative estimate of drug-likeness (QED) is 0.876. The summed E-state index contributed by atoms with van der Waals surface area (Å²) in [4.78, 5) is 0. The van der Waals surface area contributed by atoms with E-state index >= 15 is 0 Å². The molecule has 0 saturated carbocycles. The number of hydrogen-bond acceptors (Lipinski definition) is 3. The average molecular weight is 269 g/mol. The second-order valence-electron chi connectivity index (χ2n) is 4.62. The lowest BCUT2D eigenvalue weighted by Gasteiger charge is -2.03. The summed E-state index contributed by atoms with van der Waals surface area (Å²) in [6.45, 7) is 4.32. The summed E-state index contributed by atoms with van der Waals surface area (Å²) in [6, 6.07) is 0.322. The van der Waals surface area contributed by atoms with Gasteiger partial charge in [0.2, 0.25) is 0 Å². The normalized spacial score (nSPS) is 11.5. The molecule has 0 atom stereocenters. The van der Waals surface area contributed by atoms with Gasteiger partial charge in [-0.1, -0.05) is 0 Å². The van der Waals surface area contributed by atoms with Crippen LogP contribution in [-0.4, -0.2) is 26.0 Å². The van der Waals surface area contributed by atoms with Crippen molar-refractivity contribution in [2.24, 2.45) is 0 Å². The van der Waals surface area contributed by atoms with E-state index in [1.54, 1.807) is 12.4 Å². The van der Waals surface area contributed by atoms with Crippen molar-refractivity contribution in [3.8, 4) is 0 Å². The number of nitrogens with one attached hydrogen (secondary N) is 1. The molecule has 0 amide bonds. The van der Waals surface area contributed by atoms with Gasteiger partial charge in [0.05, 0.1) is 18.1 Å². The van der Waals surface area contributed by atoms with Crippen LogP contribution in [0.15, 0.2) is 24.8 Å². The lowest BCUT2D eigenvalue weighted by molar-refractivity contribution is 0.122. The van der Waals surface area contributed by atoms with Gasteiger partial charge in [-0.2, -0.15) is 10.2 Å². The van der Waals surface area contributed by atoms with E-state index in [1.807, 2.05) is 10.9 Å². The summed E-state index contributed by atoms with van der Waals surface area (Å²) in [5.41, 5.74) is 1.76. The van der Waals surface area contributed by atoms with Gasteiger partial charge in [0, 0.05) is 30.5 Å². The van der Waals surface area contributed by atoms with Gasteiger partial charge in [-0.3, -0.25) is 9.36 Å². The minimum Gasteiger partial charge on any atom is -0.378 e. The Hall–Kier alpha value is -1.92. The molecule has 2 aromatic heterocycles. The summed E-state index contributed by atoms with van der Waals surface area (Å²) in [5.74, 6) is 0. The predicted molar refractivity (Wildman–Crippen MR) is 68.2 cm³/mol. The van der Waals surface area contributed by atoms with E-state index in [0.29, 0.717) is 12.6 Å². The molecule has 19 heavy (non-hydrogen) atoms. The fourth-order valence-electron chi connectivity index (χ4n) is 1.65. The second-order valence-corrected chi connectivity index (χ2v) is 4.62. The molecule has 0 bridgehead atoms. The first-order chi connectivity index (χ1) is 9.04. The van der Waals surface area contributed by atoms with Gasteiger partial charge in [-0.05, 0) is 13.8 Å². The Kier molecular flexibility index (Phi) is 4.13. The first-order valence-electron chi connectivity index (χ1n) is 6.12. The van der Waals surface area contributed by atoms with Crippen molar-refractivity contribution in [3.63, 3.8) is 0 Å². The van der Waals surface area contributed by atoms with Gasteiger partial charge >= 0.3 is 0 Å². The fraction of sp³-hybridized carbons (Fsp3) is 0.500. The topological polar surface area (TPSA) is 47.7 Å².